The van der Waals surface area contributed by atoms with Crippen molar-refractivity contribution in [2.24, 2.45) is 5.92 Å². The highest BCUT2D eigenvalue weighted by Crippen LogP contribution is 2.20. The van der Waals surface area contributed by atoms with E-state index in [0.29, 0.717) is 13.1 Å². The van der Waals surface area contributed by atoms with Gasteiger partial charge in [0.1, 0.15) is 0 Å². The third-order valence-electron chi connectivity index (χ3n) is 3.63. The van der Waals surface area contributed by atoms with Crippen LogP contribution in [-0.2, 0) is 4.79 Å². The smallest absolute Gasteiger partial charge is 0.317 e. The molecular formula is C14H26N2O3S. The molecule has 1 heterocycles. The molecule has 1 saturated heterocycles. The molecule has 2 N–H and O–H groups in total. The summed E-state index contributed by atoms with van der Waals surface area (Å²) in [6.07, 6.45) is 2.79. The van der Waals surface area contributed by atoms with Gasteiger partial charge in [-0.15, -0.1) is 0 Å². The zero-order valence-corrected chi connectivity index (χ0v) is 13.2. The van der Waals surface area contributed by atoms with Crippen LogP contribution < -0.4 is 5.32 Å². The number of urea groups is 1. The molecule has 0 radical (unpaired) electrons. The highest BCUT2D eigenvalue weighted by Gasteiger charge is 2.24. The summed E-state index contributed by atoms with van der Waals surface area (Å²) in [6.45, 7) is 5.50. The Morgan fingerprint density at radius 3 is 2.60 bits per heavy atom. The normalized spacial score (nSPS) is 17.8. The first-order valence-corrected chi connectivity index (χ1v) is 8.53. The minimum Gasteiger partial charge on any atom is -0.481 e. The molecule has 6 heteroatoms. The number of carboxylic acid groups (broad SMARTS) is 1. The number of carbonyl (C=O) groups excluding carboxylic acids is 1. The van der Waals surface area contributed by atoms with Gasteiger partial charge in [-0.1, -0.05) is 6.92 Å². The number of rotatable bonds is 7. The Morgan fingerprint density at radius 2 is 2.05 bits per heavy atom. The average Bonchev–Trinajstić information content (AvgIpc) is 2.39. The Kier molecular flexibility index (Phi) is 7.80. The van der Waals surface area contributed by atoms with Gasteiger partial charge in [-0.2, -0.15) is 11.8 Å². The molecule has 2 amide bonds. The number of piperidine rings is 1. The molecule has 5 nitrogen and oxygen atoms in total. The molecule has 1 atom stereocenters. The summed E-state index contributed by atoms with van der Waals surface area (Å²) >= 11 is 1.88. The molecule has 0 aromatic heterocycles. The Morgan fingerprint density at radius 1 is 1.40 bits per heavy atom. The summed E-state index contributed by atoms with van der Waals surface area (Å²) in [5, 5.41) is 11.8. The molecule has 1 rings (SSSR count). The average molecular weight is 302 g/mol. The van der Waals surface area contributed by atoms with Gasteiger partial charge in [0, 0.05) is 25.6 Å². The highest BCUT2D eigenvalue weighted by molar-refractivity contribution is 7.99. The second-order valence-electron chi connectivity index (χ2n) is 5.36. The number of aliphatic carboxylic acids is 1. The van der Waals surface area contributed by atoms with Crippen molar-refractivity contribution in [1.29, 1.82) is 0 Å². The van der Waals surface area contributed by atoms with Crippen LogP contribution in [0.15, 0.2) is 0 Å². The van der Waals surface area contributed by atoms with Crippen molar-refractivity contribution in [2.75, 3.05) is 24.6 Å². The number of thioether (sulfide) groups is 1. The van der Waals surface area contributed by atoms with Gasteiger partial charge < -0.3 is 15.3 Å². The van der Waals surface area contributed by atoms with Crippen LogP contribution in [0.4, 0.5) is 4.79 Å². The standard InChI is InChI=1S/C14H26N2O3S/c1-3-20-9-6-11(2)15-14(19)16-7-4-12(5-8-16)10-13(17)18/h11-12H,3-10H2,1-2H3,(H,15,19)(H,17,18). The SMILES string of the molecule is CCSCCC(C)NC(=O)N1CCC(CC(=O)O)CC1. The first-order valence-electron chi connectivity index (χ1n) is 7.37. The zero-order valence-electron chi connectivity index (χ0n) is 12.4. The Balaban J connectivity index is 2.23. The van der Waals surface area contributed by atoms with Crippen LogP contribution in [0.1, 0.15) is 39.5 Å². The third-order valence-corrected chi connectivity index (χ3v) is 4.57. The molecule has 0 aliphatic carbocycles. The quantitative estimate of drug-likeness (QED) is 0.709. The fourth-order valence-corrected chi connectivity index (χ4v) is 3.17. The van der Waals surface area contributed by atoms with Crippen LogP contribution in [0.2, 0.25) is 0 Å². The van der Waals surface area contributed by atoms with Crippen molar-refractivity contribution >= 4 is 23.8 Å². The van der Waals surface area contributed by atoms with Gasteiger partial charge in [-0.3, -0.25) is 4.79 Å². The number of carbonyl (C=O) groups is 2. The van der Waals surface area contributed by atoms with E-state index >= 15 is 0 Å². The minimum absolute atomic E-state index is 0.00669. The molecule has 1 aliphatic rings. The van der Waals surface area contributed by atoms with E-state index in [2.05, 4.69) is 12.2 Å². The summed E-state index contributed by atoms with van der Waals surface area (Å²) in [5.74, 6) is 1.65. The van der Waals surface area contributed by atoms with E-state index in [-0.39, 0.29) is 24.4 Å². The molecule has 0 aromatic rings. The van der Waals surface area contributed by atoms with Crippen molar-refractivity contribution in [3.8, 4) is 0 Å². The maximum Gasteiger partial charge on any atom is 0.317 e. The van der Waals surface area contributed by atoms with Crippen LogP contribution in [0, 0.1) is 5.92 Å². The fraction of sp³-hybridized carbons (Fsp3) is 0.857. The number of carboxylic acids is 1. The van der Waals surface area contributed by atoms with Crippen molar-refractivity contribution in [1.82, 2.24) is 10.2 Å². The van der Waals surface area contributed by atoms with Gasteiger partial charge in [0.05, 0.1) is 0 Å². The van der Waals surface area contributed by atoms with Gasteiger partial charge in [0.2, 0.25) is 0 Å². The summed E-state index contributed by atoms with van der Waals surface area (Å²) < 4.78 is 0. The van der Waals surface area contributed by atoms with Crippen molar-refractivity contribution < 1.29 is 14.7 Å². The molecule has 116 valence electrons. The molecule has 0 aromatic carbocycles. The summed E-state index contributed by atoms with van der Waals surface area (Å²) in [4.78, 5) is 24.5. The fourth-order valence-electron chi connectivity index (χ4n) is 2.37. The predicted octanol–water partition coefficient (Wildman–Crippen LogP) is 2.41. The molecule has 20 heavy (non-hydrogen) atoms. The van der Waals surface area contributed by atoms with E-state index in [9.17, 15) is 9.59 Å². The molecule has 1 fully saturated rings. The molecule has 0 bridgehead atoms. The number of nitrogens with zero attached hydrogens (tertiary/aromatic N) is 1. The topological polar surface area (TPSA) is 69.6 Å². The van der Waals surface area contributed by atoms with E-state index in [0.717, 1.165) is 30.8 Å². The molecule has 1 aliphatic heterocycles. The van der Waals surface area contributed by atoms with E-state index in [4.69, 9.17) is 5.11 Å². The van der Waals surface area contributed by atoms with Crippen LogP contribution >= 0.6 is 11.8 Å². The number of hydrogen-bond donors (Lipinski definition) is 2. The van der Waals surface area contributed by atoms with Crippen molar-refractivity contribution in [2.45, 2.75) is 45.6 Å². The first kappa shape index (κ1) is 17.1. The summed E-state index contributed by atoms with van der Waals surface area (Å²) in [5.41, 5.74) is 0. The molecule has 0 saturated carbocycles. The van der Waals surface area contributed by atoms with Gasteiger partial charge in [0.25, 0.3) is 0 Å². The van der Waals surface area contributed by atoms with Gasteiger partial charge >= 0.3 is 12.0 Å². The molecule has 1 unspecified atom stereocenters. The first-order chi connectivity index (χ1) is 9.52. The lowest BCUT2D eigenvalue weighted by Gasteiger charge is -2.32. The lowest BCUT2D eigenvalue weighted by Crippen LogP contribution is -2.47. The van der Waals surface area contributed by atoms with Crippen LogP contribution in [0.3, 0.4) is 0 Å². The van der Waals surface area contributed by atoms with Gasteiger partial charge in [-0.25, -0.2) is 4.79 Å². The Labute approximate surface area is 125 Å². The van der Waals surface area contributed by atoms with E-state index in [1.54, 1.807) is 0 Å². The Bertz CT molecular complexity index is 318. The number of hydrogen-bond acceptors (Lipinski definition) is 3. The number of likely N-dealkylation sites (tertiary alicyclic amines) is 1. The van der Waals surface area contributed by atoms with E-state index < -0.39 is 5.97 Å². The van der Waals surface area contributed by atoms with Gasteiger partial charge in [0.15, 0.2) is 0 Å². The second kappa shape index (κ2) is 9.10. The second-order valence-corrected chi connectivity index (χ2v) is 6.76. The summed E-state index contributed by atoms with van der Waals surface area (Å²) in [6, 6.07) is 0.186. The van der Waals surface area contributed by atoms with E-state index in [1.165, 1.54) is 0 Å². The van der Waals surface area contributed by atoms with Crippen LogP contribution in [-0.4, -0.2) is 52.6 Å². The number of amides is 2. The van der Waals surface area contributed by atoms with E-state index in [1.807, 2.05) is 23.6 Å². The highest BCUT2D eigenvalue weighted by atomic mass is 32.2. The van der Waals surface area contributed by atoms with Crippen LogP contribution in [0.25, 0.3) is 0 Å². The van der Waals surface area contributed by atoms with Gasteiger partial charge in [-0.05, 0) is 43.6 Å². The third kappa shape index (κ3) is 6.50. The maximum absolute atomic E-state index is 12.1. The lowest BCUT2D eigenvalue weighted by molar-refractivity contribution is -0.138. The largest absolute Gasteiger partial charge is 0.481 e. The van der Waals surface area contributed by atoms with Crippen molar-refractivity contribution in [3.63, 3.8) is 0 Å². The summed E-state index contributed by atoms with van der Waals surface area (Å²) in [7, 11) is 0. The lowest BCUT2D eigenvalue weighted by atomic mass is 9.94. The zero-order chi connectivity index (χ0) is 15.0. The minimum atomic E-state index is -0.741. The Hall–Kier alpha value is -0.910. The molecule has 0 spiro atoms. The monoisotopic (exact) mass is 302 g/mol. The number of nitrogens with one attached hydrogen (secondary N) is 1. The maximum atomic E-state index is 12.1. The molecular weight excluding hydrogens is 276 g/mol. The predicted molar refractivity (Wildman–Crippen MR) is 82.2 cm³/mol. The van der Waals surface area contributed by atoms with Crippen molar-refractivity contribution in [3.05, 3.63) is 0 Å². The van der Waals surface area contributed by atoms with Crippen LogP contribution in [0.5, 0.6) is 0 Å².